The summed E-state index contributed by atoms with van der Waals surface area (Å²) in [6, 6.07) is 44.8. The molecular weight excluding hydrogens is 526 g/mol. The molecule has 0 fully saturated rings. The topological polar surface area (TPSA) is 51.8 Å². The first-order valence-corrected chi connectivity index (χ1v) is 14.4. The van der Waals surface area contributed by atoms with E-state index in [0.29, 0.717) is 17.1 Å². The first-order chi connectivity index (χ1) is 21.3. The summed E-state index contributed by atoms with van der Waals surface area (Å²) < 4.78 is 6.29. The van der Waals surface area contributed by atoms with Crippen molar-refractivity contribution in [1.82, 2.24) is 15.0 Å². The van der Waals surface area contributed by atoms with Crippen LogP contribution in [-0.2, 0) is 0 Å². The standard InChI is InChI=1S/C39H21N3O/c1-2-8-28-22(6-1)12-15-24-16-13-23-14-17-26(21-31(23)35(24)28)37-40-38-29-9-4-3-7-27(29)25-18-19-33-32(20-25)36-30(39(41-37)42-38)10-5-11-34(36)43-33/h1-21H. The minimum absolute atomic E-state index is 0.638. The molecule has 10 rings (SSSR count). The molecule has 0 amide bonds. The van der Waals surface area contributed by atoms with E-state index in [9.17, 15) is 0 Å². The van der Waals surface area contributed by atoms with Gasteiger partial charge in [-0.05, 0) is 67.4 Å². The van der Waals surface area contributed by atoms with Crippen LogP contribution in [0.5, 0.6) is 0 Å². The van der Waals surface area contributed by atoms with Crippen molar-refractivity contribution >= 4 is 87.1 Å². The van der Waals surface area contributed by atoms with E-state index >= 15 is 0 Å². The van der Waals surface area contributed by atoms with E-state index in [2.05, 4.69) is 109 Å². The summed E-state index contributed by atoms with van der Waals surface area (Å²) in [5, 5.41) is 13.5. The zero-order valence-corrected chi connectivity index (χ0v) is 22.9. The number of furan rings is 1. The number of fused-ring (bicyclic) bond motifs is 12. The van der Waals surface area contributed by atoms with Gasteiger partial charge in [0.1, 0.15) is 11.2 Å². The summed E-state index contributed by atoms with van der Waals surface area (Å²) in [7, 11) is 0. The van der Waals surface area contributed by atoms with Gasteiger partial charge in [-0.1, -0.05) is 103 Å². The highest BCUT2D eigenvalue weighted by atomic mass is 16.3. The van der Waals surface area contributed by atoms with Crippen LogP contribution in [0.25, 0.3) is 98.5 Å². The lowest BCUT2D eigenvalue weighted by atomic mass is 9.95. The van der Waals surface area contributed by atoms with E-state index in [0.717, 1.165) is 49.0 Å². The van der Waals surface area contributed by atoms with Crippen LogP contribution in [0.3, 0.4) is 0 Å². The lowest BCUT2D eigenvalue weighted by molar-refractivity contribution is 0.669. The molecule has 0 atom stereocenters. The molecule has 4 heteroatoms. The van der Waals surface area contributed by atoms with Crippen LogP contribution in [-0.4, -0.2) is 15.0 Å². The van der Waals surface area contributed by atoms with Gasteiger partial charge in [0.2, 0.25) is 0 Å². The highest BCUT2D eigenvalue weighted by Gasteiger charge is 2.15. The van der Waals surface area contributed by atoms with Gasteiger partial charge in [0.15, 0.2) is 17.1 Å². The molecule has 43 heavy (non-hydrogen) atoms. The van der Waals surface area contributed by atoms with E-state index < -0.39 is 0 Å². The molecule has 0 spiro atoms. The zero-order valence-electron chi connectivity index (χ0n) is 22.9. The summed E-state index contributed by atoms with van der Waals surface area (Å²) in [5.74, 6) is 0.648. The summed E-state index contributed by atoms with van der Waals surface area (Å²) in [4.78, 5) is 15.4. The van der Waals surface area contributed by atoms with E-state index in [-0.39, 0.29) is 0 Å². The van der Waals surface area contributed by atoms with E-state index in [1.54, 1.807) is 0 Å². The number of nitrogens with zero attached hydrogens (tertiary/aromatic N) is 3. The van der Waals surface area contributed by atoms with Gasteiger partial charge in [0.05, 0.1) is 0 Å². The van der Waals surface area contributed by atoms with Gasteiger partial charge >= 0.3 is 0 Å². The second-order valence-corrected chi connectivity index (χ2v) is 11.2. The first-order valence-electron chi connectivity index (χ1n) is 14.4. The monoisotopic (exact) mass is 547 g/mol. The Morgan fingerprint density at radius 3 is 1.93 bits per heavy atom. The molecule has 0 aliphatic rings. The van der Waals surface area contributed by atoms with Crippen molar-refractivity contribution < 1.29 is 4.42 Å². The second-order valence-electron chi connectivity index (χ2n) is 11.2. The maximum atomic E-state index is 6.29. The third-order valence-electron chi connectivity index (χ3n) is 8.83. The summed E-state index contributed by atoms with van der Waals surface area (Å²) >= 11 is 0. The molecule has 7 aromatic carbocycles. The van der Waals surface area contributed by atoms with Crippen LogP contribution in [0.4, 0.5) is 0 Å². The Hall–Kier alpha value is -5.87. The molecule has 4 bridgehead atoms. The number of aromatic nitrogens is 3. The zero-order chi connectivity index (χ0) is 28.1. The van der Waals surface area contributed by atoms with Crippen LogP contribution >= 0.6 is 0 Å². The molecule has 0 saturated heterocycles. The van der Waals surface area contributed by atoms with Gasteiger partial charge in [-0.2, -0.15) is 0 Å². The molecule has 198 valence electrons. The summed E-state index contributed by atoms with van der Waals surface area (Å²) in [6.45, 7) is 0. The number of hydrogen-bond donors (Lipinski definition) is 0. The van der Waals surface area contributed by atoms with Gasteiger partial charge in [-0.15, -0.1) is 0 Å². The van der Waals surface area contributed by atoms with Gasteiger partial charge in [-0.3, -0.25) is 0 Å². The van der Waals surface area contributed by atoms with Crippen LogP contribution in [0.15, 0.2) is 132 Å². The first kappa shape index (κ1) is 22.8. The molecular formula is C39H21N3O. The Kier molecular flexibility index (Phi) is 4.42. The fourth-order valence-corrected chi connectivity index (χ4v) is 6.82. The van der Waals surface area contributed by atoms with Crippen molar-refractivity contribution in [2.45, 2.75) is 0 Å². The molecule has 0 radical (unpaired) electrons. The lowest BCUT2D eigenvalue weighted by Gasteiger charge is -2.10. The van der Waals surface area contributed by atoms with Gasteiger partial charge in [0, 0.05) is 27.1 Å². The Morgan fingerprint density at radius 1 is 0.372 bits per heavy atom. The number of hydrogen-bond acceptors (Lipinski definition) is 4. The molecule has 4 nitrogen and oxygen atoms in total. The SMILES string of the molecule is c1ccc2c(c1)ccc1ccc3ccc(-c4nc5nc(n4)c4cccc6oc7ccc(cc7c64)c4ccccc54)cc3c12. The Morgan fingerprint density at radius 2 is 1.05 bits per heavy atom. The molecule has 0 aliphatic heterocycles. The largest absolute Gasteiger partial charge is 0.456 e. The molecule has 3 heterocycles. The predicted molar refractivity (Wildman–Crippen MR) is 178 cm³/mol. The molecule has 0 N–H and O–H groups in total. The fraction of sp³-hybridized carbons (Fsp3) is 0. The van der Waals surface area contributed by atoms with Crippen LogP contribution in [0.1, 0.15) is 0 Å². The Labute approximate surface area is 244 Å². The maximum absolute atomic E-state index is 6.29. The molecule has 0 unspecified atom stereocenters. The minimum Gasteiger partial charge on any atom is -0.456 e. The fourth-order valence-electron chi connectivity index (χ4n) is 6.82. The average Bonchev–Trinajstić information content (AvgIpc) is 3.45. The van der Waals surface area contributed by atoms with Crippen LogP contribution in [0, 0.1) is 0 Å². The lowest BCUT2D eigenvalue weighted by Crippen LogP contribution is -1.95. The smallest absolute Gasteiger partial charge is 0.164 e. The predicted octanol–water partition coefficient (Wildman–Crippen LogP) is 10.4. The maximum Gasteiger partial charge on any atom is 0.164 e. The minimum atomic E-state index is 0.638. The quantitative estimate of drug-likeness (QED) is 0.192. The summed E-state index contributed by atoms with van der Waals surface area (Å²) in [6.07, 6.45) is 0. The average molecular weight is 548 g/mol. The third-order valence-corrected chi connectivity index (χ3v) is 8.83. The van der Waals surface area contributed by atoms with E-state index in [4.69, 9.17) is 19.4 Å². The van der Waals surface area contributed by atoms with Crippen molar-refractivity contribution in [3.63, 3.8) is 0 Å². The molecule has 10 aromatic rings. The summed E-state index contributed by atoms with van der Waals surface area (Å²) in [5.41, 5.74) is 3.93. The highest BCUT2D eigenvalue weighted by molar-refractivity contribution is 6.21. The van der Waals surface area contributed by atoms with Gasteiger partial charge < -0.3 is 4.42 Å². The molecule has 3 aromatic heterocycles. The second kappa shape index (κ2) is 8.34. The van der Waals surface area contributed by atoms with Crippen LogP contribution in [0.2, 0.25) is 0 Å². The van der Waals surface area contributed by atoms with Crippen LogP contribution < -0.4 is 0 Å². The number of rotatable bonds is 1. The van der Waals surface area contributed by atoms with Crippen molar-refractivity contribution in [2.75, 3.05) is 0 Å². The van der Waals surface area contributed by atoms with E-state index in [1.165, 1.54) is 32.3 Å². The Balaban J connectivity index is 1.38. The molecule has 0 saturated carbocycles. The van der Waals surface area contributed by atoms with Crippen molar-refractivity contribution in [2.24, 2.45) is 0 Å². The van der Waals surface area contributed by atoms with Crippen molar-refractivity contribution in [3.8, 4) is 11.4 Å². The normalized spacial score (nSPS) is 12.2. The number of benzene rings is 7. The Bertz CT molecular complexity index is 2790. The van der Waals surface area contributed by atoms with Gasteiger partial charge in [0.25, 0.3) is 0 Å². The highest BCUT2D eigenvalue weighted by Crippen LogP contribution is 2.37. The van der Waals surface area contributed by atoms with Crippen molar-refractivity contribution in [1.29, 1.82) is 0 Å². The molecule has 0 aliphatic carbocycles. The third kappa shape index (κ3) is 3.23. The van der Waals surface area contributed by atoms with Crippen molar-refractivity contribution in [3.05, 3.63) is 127 Å². The van der Waals surface area contributed by atoms with E-state index in [1.807, 2.05) is 18.2 Å². The van der Waals surface area contributed by atoms with Gasteiger partial charge in [-0.25, -0.2) is 15.0 Å².